The second-order valence-corrected chi connectivity index (χ2v) is 6.52. The molecule has 2 aromatic rings. The van der Waals surface area contributed by atoms with Crippen LogP contribution in [0.2, 0.25) is 0 Å². The van der Waals surface area contributed by atoms with Gasteiger partial charge in [-0.1, -0.05) is 6.07 Å². The van der Waals surface area contributed by atoms with Gasteiger partial charge in [-0.3, -0.25) is 4.79 Å². The summed E-state index contributed by atoms with van der Waals surface area (Å²) in [7, 11) is 0. The summed E-state index contributed by atoms with van der Waals surface area (Å²) in [5.41, 5.74) is 0.927. The summed E-state index contributed by atoms with van der Waals surface area (Å²) < 4.78 is 44.8. The maximum atomic E-state index is 13.0. The third kappa shape index (κ3) is 4.86. The van der Waals surface area contributed by atoms with Crippen LogP contribution in [-0.4, -0.2) is 12.5 Å². The first-order chi connectivity index (χ1) is 11.2. The van der Waals surface area contributed by atoms with Gasteiger partial charge in [0.1, 0.15) is 5.75 Å². The number of amides is 1. The smallest absolute Gasteiger partial charge is 0.418 e. The molecule has 2 rings (SSSR count). The SMILES string of the molecule is Cc1ccc(OCC(=O)Nc2ccc(I)cc2C(F)(F)F)cc1C. The topological polar surface area (TPSA) is 38.3 Å². The number of aryl methyl sites for hydroxylation is 2. The molecule has 2 aromatic carbocycles. The van der Waals surface area contributed by atoms with Gasteiger partial charge in [0.2, 0.25) is 0 Å². The zero-order chi connectivity index (χ0) is 17.9. The molecule has 1 N–H and O–H groups in total. The molecule has 0 heterocycles. The zero-order valence-electron chi connectivity index (χ0n) is 13.0. The van der Waals surface area contributed by atoms with Crippen LogP contribution in [0.1, 0.15) is 16.7 Å². The summed E-state index contributed by atoms with van der Waals surface area (Å²) >= 11 is 1.79. The first-order valence-electron chi connectivity index (χ1n) is 7.03. The van der Waals surface area contributed by atoms with Gasteiger partial charge in [0.15, 0.2) is 6.61 Å². The Morgan fingerprint density at radius 3 is 2.46 bits per heavy atom. The van der Waals surface area contributed by atoms with E-state index in [4.69, 9.17) is 4.74 Å². The molecule has 1 amide bonds. The molecule has 0 unspecified atom stereocenters. The van der Waals surface area contributed by atoms with E-state index < -0.39 is 17.6 Å². The van der Waals surface area contributed by atoms with Gasteiger partial charge in [0, 0.05) is 3.57 Å². The molecule has 0 aliphatic rings. The summed E-state index contributed by atoms with van der Waals surface area (Å²) in [6.07, 6.45) is -4.54. The van der Waals surface area contributed by atoms with Crippen molar-refractivity contribution in [1.29, 1.82) is 0 Å². The van der Waals surface area contributed by atoms with E-state index in [1.165, 1.54) is 12.1 Å². The molecule has 0 fully saturated rings. The van der Waals surface area contributed by atoms with Crippen LogP contribution < -0.4 is 10.1 Å². The number of ether oxygens (including phenoxy) is 1. The third-order valence-electron chi connectivity index (χ3n) is 3.41. The van der Waals surface area contributed by atoms with Crippen LogP contribution in [0.4, 0.5) is 18.9 Å². The fraction of sp³-hybridized carbons (Fsp3) is 0.235. The summed E-state index contributed by atoms with van der Waals surface area (Å²) in [6, 6.07) is 9.05. The van der Waals surface area contributed by atoms with Crippen molar-refractivity contribution < 1.29 is 22.7 Å². The normalized spacial score (nSPS) is 11.2. The van der Waals surface area contributed by atoms with Gasteiger partial charge in [-0.2, -0.15) is 13.2 Å². The largest absolute Gasteiger partial charge is 0.484 e. The van der Waals surface area contributed by atoms with Crippen LogP contribution in [0.15, 0.2) is 36.4 Å². The minimum absolute atomic E-state index is 0.281. The summed E-state index contributed by atoms with van der Waals surface area (Å²) in [6.45, 7) is 3.48. The minimum Gasteiger partial charge on any atom is -0.484 e. The van der Waals surface area contributed by atoms with Crippen molar-refractivity contribution >= 4 is 34.2 Å². The van der Waals surface area contributed by atoms with Crippen LogP contribution >= 0.6 is 22.6 Å². The minimum atomic E-state index is -4.54. The van der Waals surface area contributed by atoms with Gasteiger partial charge in [-0.25, -0.2) is 0 Å². The van der Waals surface area contributed by atoms with Crippen molar-refractivity contribution in [2.45, 2.75) is 20.0 Å². The highest BCUT2D eigenvalue weighted by Gasteiger charge is 2.34. The highest BCUT2D eigenvalue weighted by molar-refractivity contribution is 14.1. The molecular formula is C17H15F3INO2. The molecule has 0 bridgehead atoms. The van der Waals surface area contributed by atoms with Crippen LogP contribution in [0.25, 0.3) is 0 Å². The van der Waals surface area contributed by atoms with Crippen LogP contribution in [-0.2, 0) is 11.0 Å². The average Bonchev–Trinajstić information content (AvgIpc) is 2.49. The Hall–Kier alpha value is -1.77. The lowest BCUT2D eigenvalue weighted by Gasteiger charge is -2.14. The molecule has 0 saturated carbocycles. The van der Waals surface area contributed by atoms with Gasteiger partial charge in [-0.05, 0) is 77.9 Å². The fourth-order valence-electron chi connectivity index (χ4n) is 2.00. The van der Waals surface area contributed by atoms with Crippen molar-refractivity contribution in [3.8, 4) is 5.75 Å². The van der Waals surface area contributed by atoms with E-state index in [9.17, 15) is 18.0 Å². The third-order valence-corrected chi connectivity index (χ3v) is 4.08. The second-order valence-electron chi connectivity index (χ2n) is 5.27. The molecule has 0 aromatic heterocycles. The van der Waals surface area contributed by atoms with E-state index in [1.54, 1.807) is 34.7 Å². The Bertz CT molecular complexity index is 760. The average molecular weight is 449 g/mol. The molecule has 0 radical (unpaired) electrons. The molecule has 7 heteroatoms. The Morgan fingerprint density at radius 2 is 1.83 bits per heavy atom. The standard InChI is InChI=1S/C17H15F3INO2/c1-10-3-5-13(7-11(10)2)24-9-16(23)22-15-6-4-12(21)8-14(15)17(18,19)20/h3-8H,9H2,1-2H3,(H,22,23). The molecule has 0 atom stereocenters. The fourth-order valence-corrected chi connectivity index (χ4v) is 2.49. The maximum Gasteiger partial charge on any atom is 0.418 e. The first-order valence-corrected chi connectivity index (χ1v) is 8.11. The van der Waals surface area contributed by atoms with E-state index in [-0.39, 0.29) is 12.3 Å². The van der Waals surface area contributed by atoms with E-state index in [2.05, 4.69) is 5.32 Å². The molecule has 3 nitrogen and oxygen atoms in total. The maximum absolute atomic E-state index is 13.0. The number of anilines is 1. The van der Waals surface area contributed by atoms with Gasteiger partial charge in [-0.15, -0.1) is 0 Å². The van der Waals surface area contributed by atoms with Crippen molar-refractivity contribution in [3.63, 3.8) is 0 Å². The monoisotopic (exact) mass is 449 g/mol. The number of benzene rings is 2. The molecule has 0 aliphatic carbocycles. The van der Waals surface area contributed by atoms with Gasteiger partial charge < -0.3 is 10.1 Å². The van der Waals surface area contributed by atoms with E-state index in [1.807, 2.05) is 19.9 Å². The number of hydrogen-bond donors (Lipinski definition) is 1. The van der Waals surface area contributed by atoms with Crippen LogP contribution in [0.3, 0.4) is 0 Å². The lowest BCUT2D eigenvalue weighted by Crippen LogP contribution is -2.22. The number of hydrogen-bond acceptors (Lipinski definition) is 2. The molecule has 0 spiro atoms. The zero-order valence-corrected chi connectivity index (χ0v) is 15.2. The Kier molecular flexibility index (Phi) is 5.74. The van der Waals surface area contributed by atoms with Crippen LogP contribution in [0, 0.1) is 17.4 Å². The van der Waals surface area contributed by atoms with E-state index >= 15 is 0 Å². The second kappa shape index (κ2) is 7.42. The molecular weight excluding hydrogens is 434 g/mol. The van der Waals surface area contributed by atoms with Crippen molar-refractivity contribution in [3.05, 3.63) is 56.7 Å². The highest BCUT2D eigenvalue weighted by Crippen LogP contribution is 2.35. The molecule has 0 aliphatic heterocycles. The molecule has 128 valence electrons. The van der Waals surface area contributed by atoms with E-state index in [0.717, 1.165) is 17.2 Å². The summed E-state index contributed by atoms with van der Waals surface area (Å²) in [5, 5.41) is 2.25. The lowest BCUT2D eigenvalue weighted by molar-refractivity contribution is -0.137. The quantitative estimate of drug-likeness (QED) is 0.672. The number of rotatable bonds is 4. The van der Waals surface area contributed by atoms with Gasteiger partial charge in [0.05, 0.1) is 11.3 Å². The number of nitrogens with one attached hydrogen (secondary N) is 1. The van der Waals surface area contributed by atoms with Crippen molar-refractivity contribution in [2.75, 3.05) is 11.9 Å². The molecule has 0 saturated heterocycles. The Labute approximate surface area is 151 Å². The van der Waals surface area contributed by atoms with Crippen molar-refractivity contribution in [2.24, 2.45) is 0 Å². The van der Waals surface area contributed by atoms with Gasteiger partial charge in [0.25, 0.3) is 5.91 Å². The first kappa shape index (κ1) is 18.6. The predicted molar refractivity (Wildman–Crippen MR) is 94.2 cm³/mol. The van der Waals surface area contributed by atoms with Crippen LogP contribution in [0.5, 0.6) is 5.75 Å². The predicted octanol–water partition coefficient (Wildman–Crippen LogP) is 4.94. The highest BCUT2D eigenvalue weighted by atomic mass is 127. The van der Waals surface area contributed by atoms with Gasteiger partial charge >= 0.3 is 6.18 Å². The summed E-state index contributed by atoms with van der Waals surface area (Å²) in [4.78, 5) is 11.9. The van der Waals surface area contributed by atoms with E-state index in [0.29, 0.717) is 9.32 Å². The number of carbonyl (C=O) groups is 1. The Balaban J connectivity index is 2.06. The molecule has 24 heavy (non-hydrogen) atoms. The number of halogens is 4. The summed E-state index contributed by atoms with van der Waals surface area (Å²) in [5.74, 6) is -0.160. The lowest BCUT2D eigenvalue weighted by atomic mass is 10.1. The number of alkyl halides is 3. The van der Waals surface area contributed by atoms with Crippen molar-refractivity contribution in [1.82, 2.24) is 0 Å². The Morgan fingerprint density at radius 1 is 1.12 bits per heavy atom. The number of carbonyl (C=O) groups excluding carboxylic acids is 1.